The van der Waals surface area contributed by atoms with E-state index in [0.29, 0.717) is 22.5 Å². The van der Waals surface area contributed by atoms with Crippen LogP contribution in [0.1, 0.15) is 64.3 Å². The van der Waals surface area contributed by atoms with Crippen molar-refractivity contribution < 1.29 is 14.6 Å². The van der Waals surface area contributed by atoms with E-state index in [-0.39, 0.29) is 11.5 Å². The summed E-state index contributed by atoms with van der Waals surface area (Å²) in [6.07, 6.45) is 4.69. The van der Waals surface area contributed by atoms with E-state index in [0.717, 1.165) is 23.2 Å². The Balaban J connectivity index is 2.15. The second-order valence-corrected chi connectivity index (χ2v) is 7.61. The van der Waals surface area contributed by atoms with Gasteiger partial charge in [0.2, 0.25) is 5.88 Å². The van der Waals surface area contributed by atoms with E-state index in [1.54, 1.807) is 6.92 Å². The zero-order chi connectivity index (χ0) is 17.5. The Hall–Kier alpha value is -2.11. The quantitative estimate of drug-likeness (QED) is 0.889. The third-order valence-corrected chi connectivity index (χ3v) is 4.59. The van der Waals surface area contributed by atoms with Gasteiger partial charge in [0.15, 0.2) is 0 Å². The minimum absolute atomic E-state index is 0.150. The topological polar surface area (TPSA) is 77.2 Å². The average molecular weight is 331 g/mol. The Labute approximate surface area is 141 Å². The number of aryl methyl sites for hydroxylation is 1. The SMILES string of the molecule is Cc1nn(C(=O)O)c2cc(C(C)(C)C)nc(OC3CCCCC3)c12. The molecule has 1 aliphatic carbocycles. The van der Waals surface area contributed by atoms with Crippen LogP contribution in [0.15, 0.2) is 6.07 Å². The first-order valence-electron chi connectivity index (χ1n) is 8.58. The maximum atomic E-state index is 11.5. The number of carbonyl (C=O) groups is 1. The van der Waals surface area contributed by atoms with Crippen LogP contribution < -0.4 is 4.74 Å². The molecule has 0 bridgehead atoms. The third kappa shape index (κ3) is 3.09. The van der Waals surface area contributed by atoms with Crippen molar-refractivity contribution in [2.45, 2.75) is 71.3 Å². The van der Waals surface area contributed by atoms with Gasteiger partial charge in [-0.2, -0.15) is 9.78 Å². The van der Waals surface area contributed by atoms with Gasteiger partial charge in [0.1, 0.15) is 6.10 Å². The molecule has 0 atom stereocenters. The lowest BCUT2D eigenvalue weighted by molar-refractivity contribution is 0.150. The highest BCUT2D eigenvalue weighted by molar-refractivity contribution is 5.92. The van der Waals surface area contributed by atoms with E-state index in [9.17, 15) is 9.90 Å². The van der Waals surface area contributed by atoms with E-state index in [2.05, 4.69) is 25.9 Å². The number of carboxylic acid groups (broad SMARTS) is 1. The highest BCUT2D eigenvalue weighted by Gasteiger charge is 2.25. The van der Waals surface area contributed by atoms with Gasteiger partial charge in [-0.3, -0.25) is 0 Å². The van der Waals surface area contributed by atoms with Crippen LogP contribution in [0.3, 0.4) is 0 Å². The van der Waals surface area contributed by atoms with Gasteiger partial charge in [0, 0.05) is 5.41 Å². The van der Waals surface area contributed by atoms with Gasteiger partial charge in [-0.05, 0) is 38.7 Å². The number of rotatable bonds is 2. The van der Waals surface area contributed by atoms with Crippen molar-refractivity contribution in [2.24, 2.45) is 0 Å². The molecular formula is C18H25N3O3. The molecule has 0 spiro atoms. The van der Waals surface area contributed by atoms with E-state index < -0.39 is 6.09 Å². The van der Waals surface area contributed by atoms with Gasteiger partial charge in [0.05, 0.1) is 22.3 Å². The Morgan fingerprint density at radius 3 is 2.54 bits per heavy atom. The van der Waals surface area contributed by atoms with Crippen LogP contribution in [-0.2, 0) is 5.41 Å². The molecule has 0 saturated heterocycles. The molecule has 0 radical (unpaired) electrons. The van der Waals surface area contributed by atoms with Crippen molar-refractivity contribution in [2.75, 3.05) is 0 Å². The number of ether oxygens (including phenoxy) is 1. The molecule has 1 aliphatic rings. The molecule has 0 amide bonds. The number of hydrogen-bond acceptors (Lipinski definition) is 4. The van der Waals surface area contributed by atoms with Gasteiger partial charge >= 0.3 is 6.09 Å². The molecule has 2 heterocycles. The summed E-state index contributed by atoms with van der Waals surface area (Å²) in [6.45, 7) is 7.97. The Kier molecular flexibility index (Phi) is 4.24. The zero-order valence-electron chi connectivity index (χ0n) is 14.8. The summed E-state index contributed by atoms with van der Waals surface area (Å²) in [4.78, 5) is 16.3. The number of pyridine rings is 1. The molecule has 0 aromatic carbocycles. The maximum absolute atomic E-state index is 11.5. The molecule has 0 aliphatic heterocycles. The van der Waals surface area contributed by atoms with Crippen molar-refractivity contribution in [3.8, 4) is 5.88 Å². The third-order valence-electron chi connectivity index (χ3n) is 4.59. The second-order valence-electron chi connectivity index (χ2n) is 7.61. The standard InChI is InChI=1S/C18H25N3O3/c1-11-15-13(21(20-11)17(22)23)10-14(18(2,3)4)19-16(15)24-12-8-6-5-7-9-12/h10,12H,5-9H2,1-4H3,(H,22,23). The second kappa shape index (κ2) is 6.07. The first-order chi connectivity index (χ1) is 11.3. The Morgan fingerprint density at radius 2 is 1.96 bits per heavy atom. The minimum Gasteiger partial charge on any atom is -0.474 e. The van der Waals surface area contributed by atoms with E-state index >= 15 is 0 Å². The minimum atomic E-state index is -1.09. The van der Waals surface area contributed by atoms with E-state index in [1.165, 1.54) is 19.3 Å². The fourth-order valence-electron chi connectivity index (χ4n) is 3.23. The molecule has 130 valence electrons. The van der Waals surface area contributed by atoms with Crippen LogP contribution in [0.4, 0.5) is 4.79 Å². The molecule has 1 saturated carbocycles. The van der Waals surface area contributed by atoms with Crippen LogP contribution in [-0.4, -0.2) is 32.1 Å². The molecule has 1 N–H and O–H groups in total. The Morgan fingerprint density at radius 1 is 1.29 bits per heavy atom. The summed E-state index contributed by atoms with van der Waals surface area (Å²) in [5.41, 5.74) is 1.78. The number of nitrogens with zero attached hydrogens (tertiary/aromatic N) is 3. The predicted molar refractivity (Wildman–Crippen MR) is 91.9 cm³/mol. The van der Waals surface area contributed by atoms with Crippen molar-refractivity contribution in [1.82, 2.24) is 14.8 Å². The first kappa shape index (κ1) is 16.7. The van der Waals surface area contributed by atoms with Crippen LogP contribution in [0.2, 0.25) is 0 Å². The summed E-state index contributed by atoms with van der Waals surface area (Å²) >= 11 is 0. The zero-order valence-corrected chi connectivity index (χ0v) is 14.8. The average Bonchev–Trinajstić information content (AvgIpc) is 2.85. The molecule has 2 aromatic heterocycles. The van der Waals surface area contributed by atoms with Crippen LogP contribution in [0.5, 0.6) is 5.88 Å². The van der Waals surface area contributed by atoms with Crippen LogP contribution in [0, 0.1) is 6.92 Å². The molecule has 6 heteroatoms. The highest BCUT2D eigenvalue weighted by Crippen LogP contribution is 2.34. The highest BCUT2D eigenvalue weighted by atomic mass is 16.5. The molecule has 24 heavy (non-hydrogen) atoms. The van der Waals surface area contributed by atoms with Gasteiger partial charge in [-0.1, -0.05) is 27.2 Å². The first-order valence-corrected chi connectivity index (χ1v) is 8.58. The fourth-order valence-corrected chi connectivity index (χ4v) is 3.23. The lowest BCUT2D eigenvalue weighted by atomic mass is 9.91. The summed E-state index contributed by atoms with van der Waals surface area (Å²) < 4.78 is 7.24. The van der Waals surface area contributed by atoms with E-state index in [1.807, 2.05) is 6.07 Å². The lowest BCUT2D eigenvalue weighted by Crippen LogP contribution is -2.22. The smallest absolute Gasteiger partial charge is 0.432 e. The summed E-state index contributed by atoms with van der Waals surface area (Å²) in [6, 6.07) is 1.82. The molecular weight excluding hydrogens is 306 g/mol. The largest absolute Gasteiger partial charge is 0.474 e. The van der Waals surface area contributed by atoms with Gasteiger partial charge in [0.25, 0.3) is 0 Å². The number of aromatic nitrogens is 3. The monoisotopic (exact) mass is 331 g/mol. The summed E-state index contributed by atoms with van der Waals surface area (Å²) in [5.74, 6) is 0.523. The fraction of sp³-hybridized carbons (Fsp3) is 0.611. The summed E-state index contributed by atoms with van der Waals surface area (Å²) in [7, 11) is 0. The van der Waals surface area contributed by atoms with Crippen LogP contribution >= 0.6 is 0 Å². The number of hydrogen-bond donors (Lipinski definition) is 1. The molecule has 0 unspecified atom stereocenters. The van der Waals surface area contributed by atoms with Gasteiger partial charge < -0.3 is 9.84 Å². The Bertz CT molecular complexity index is 768. The van der Waals surface area contributed by atoms with Gasteiger partial charge in [-0.15, -0.1) is 0 Å². The predicted octanol–water partition coefficient (Wildman–Crippen LogP) is 4.27. The molecule has 2 aromatic rings. The van der Waals surface area contributed by atoms with Crippen molar-refractivity contribution in [3.63, 3.8) is 0 Å². The van der Waals surface area contributed by atoms with Gasteiger partial charge in [-0.25, -0.2) is 9.78 Å². The number of fused-ring (bicyclic) bond motifs is 1. The molecule has 1 fully saturated rings. The van der Waals surface area contributed by atoms with Crippen molar-refractivity contribution in [3.05, 3.63) is 17.5 Å². The maximum Gasteiger partial charge on any atom is 0.432 e. The molecule has 3 rings (SSSR count). The normalized spacial score (nSPS) is 16.5. The van der Waals surface area contributed by atoms with Crippen molar-refractivity contribution in [1.29, 1.82) is 0 Å². The molecule has 6 nitrogen and oxygen atoms in total. The van der Waals surface area contributed by atoms with E-state index in [4.69, 9.17) is 9.72 Å². The van der Waals surface area contributed by atoms with Crippen molar-refractivity contribution >= 4 is 17.0 Å². The lowest BCUT2D eigenvalue weighted by Gasteiger charge is -2.24. The van der Waals surface area contributed by atoms with Crippen LogP contribution in [0.25, 0.3) is 10.9 Å². The summed E-state index contributed by atoms with van der Waals surface area (Å²) in [5, 5.41) is 14.3.